The van der Waals surface area contributed by atoms with Gasteiger partial charge < -0.3 is 24.6 Å². The lowest BCUT2D eigenvalue weighted by molar-refractivity contribution is -0.143. The summed E-state index contributed by atoms with van der Waals surface area (Å²) in [6.45, 7) is 2.94. The number of rotatable bonds is 12. The van der Waals surface area contributed by atoms with Crippen LogP contribution in [0.2, 0.25) is 0 Å². The molecule has 1 aromatic carbocycles. The minimum atomic E-state index is -0.843. The minimum absolute atomic E-state index is 0.0505. The second kappa shape index (κ2) is 11.5. The van der Waals surface area contributed by atoms with Gasteiger partial charge in [0, 0.05) is 49.1 Å². The molecule has 3 aliphatic rings. The number of hydrogen-bond acceptors (Lipinski definition) is 7. The van der Waals surface area contributed by atoms with E-state index in [4.69, 9.17) is 19.2 Å². The molecule has 1 aliphatic carbocycles. The van der Waals surface area contributed by atoms with Crippen molar-refractivity contribution in [1.29, 1.82) is 0 Å². The van der Waals surface area contributed by atoms with E-state index in [1.165, 1.54) is 5.56 Å². The zero-order chi connectivity index (χ0) is 24.9. The number of fused-ring (bicyclic) bond motifs is 1. The number of para-hydroxylation sites is 1. The number of hydrogen-bond donors (Lipinski definition) is 2. The van der Waals surface area contributed by atoms with Crippen molar-refractivity contribution in [2.45, 2.75) is 69.6 Å². The maximum atomic E-state index is 12.3. The third kappa shape index (κ3) is 5.93. The number of unbranched alkanes of at least 4 members (excludes halogenated alkanes) is 1. The predicted molar refractivity (Wildman–Crippen MR) is 137 cm³/mol. The Morgan fingerprint density at radius 3 is 2.86 bits per heavy atom. The Hall–Kier alpha value is -2.84. The molecule has 1 saturated carbocycles. The lowest BCUT2D eigenvalue weighted by Crippen LogP contribution is -2.33. The smallest absolute Gasteiger partial charge is 0.325 e. The molecule has 0 radical (unpaired) electrons. The molecule has 8 heteroatoms. The summed E-state index contributed by atoms with van der Waals surface area (Å²) in [4.78, 5) is 19.1. The Morgan fingerprint density at radius 2 is 2.06 bits per heavy atom. The molecule has 194 valence electrons. The number of benzene rings is 1. The van der Waals surface area contributed by atoms with E-state index < -0.39 is 12.0 Å². The fourth-order valence-corrected chi connectivity index (χ4v) is 5.22. The molecule has 0 unspecified atom stereocenters. The highest BCUT2D eigenvalue weighted by molar-refractivity contribution is 5.76. The van der Waals surface area contributed by atoms with Gasteiger partial charge in [0.25, 0.3) is 0 Å². The summed E-state index contributed by atoms with van der Waals surface area (Å²) in [5.41, 5.74) is 2.96. The van der Waals surface area contributed by atoms with Crippen LogP contribution in [0.1, 0.15) is 61.4 Å². The average molecular weight is 496 g/mol. The minimum Gasteiger partial charge on any atom is -0.496 e. The second-order valence-electron chi connectivity index (χ2n) is 10.0. The molecule has 2 aromatic rings. The van der Waals surface area contributed by atoms with Crippen molar-refractivity contribution < 1.29 is 24.1 Å². The van der Waals surface area contributed by atoms with E-state index in [9.17, 15) is 9.90 Å². The Labute approximate surface area is 213 Å². The van der Waals surface area contributed by atoms with Crippen molar-refractivity contribution in [1.82, 2.24) is 9.88 Å². The van der Waals surface area contributed by atoms with Crippen molar-refractivity contribution >= 4 is 11.8 Å². The van der Waals surface area contributed by atoms with Crippen molar-refractivity contribution in [2.75, 3.05) is 38.7 Å². The summed E-state index contributed by atoms with van der Waals surface area (Å²) in [6, 6.07) is 8.91. The zero-order valence-electron chi connectivity index (χ0n) is 21.1. The number of aromatic nitrogens is 1. The van der Waals surface area contributed by atoms with Crippen LogP contribution < -0.4 is 14.8 Å². The molecule has 2 aliphatic heterocycles. The molecular formula is C28H37N3O5. The van der Waals surface area contributed by atoms with Crippen molar-refractivity contribution in [3.63, 3.8) is 0 Å². The van der Waals surface area contributed by atoms with Gasteiger partial charge in [-0.3, -0.25) is 9.69 Å². The van der Waals surface area contributed by atoms with Crippen LogP contribution in [0.5, 0.6) is 11.5 Å². The number of ether oxygens (including phenoxy) is 3. The maximum Gasteiger partial charge on any atom is 0.325 e. The number of pyridine rings is 1. The molecule has 2 atom stereocenters. The standard InChI is InChI=1S/C28H37N3O5/c1-34-25-17-19(30-27-23(25)9-6-14-29-27)7-4-5-16-35-21-13-15-31(18-21)26(28(32)33)22-8-2-3-10-24(22)36-20-11-12-20/h2-3,8,10,17,20-21,26H,4-7,9,11-16,18H2,1H3,(H,29,30)(H,32,33)/t21-,26+/m1/s1. The van der Waals surface area contributed by atoms with Gasteiger partial charge in [-0.05, 0) is 57.4 Å². The van der Waals surface area contributed by atoms with E-state index in [-0.39, 0.29) is 12.2 Å². The molecule has 8 nitrogen and oxygen atoms in total. The molecule has 0 bridgehead atoms. The van der Waals surface area contributed by atoms with Gasteiger partial charge in [0.1, 0.15) is 23.4 Å². The number of carboxylic acids is 1. The normalized spacial score (nSPS) is 20.4. The van der Waals surface area contributed by atoms with Crippen LogP contribution in [-0.4, -0.2) is 66.5 Å². The van der Waals surface area contributed by atoms with Crippen LogP contribution in [0.15, 0.2) is 30.3 Å². The Balaban J connectivity index is 1.10. The van der Waals surface area contributed by atoms with Gasteiger partial charge in [0.05, 0.1) is 19.3 Å². The Morgan fingerprint density at radius 1 is 1.19 bits per heavy atom. The summed E-state index contributed by atoms with van der Waals surface area (Å²) in [5, 5.41) is 13.5. The van der Waals surface area contributed by atoms with Crippen molar-refractivity contribution in [3.8, 4) is 11.5 Å². The van der Waals surface area contributed by atoms with E-state index in [1.807, 2.05) is 29.2 Å². The van der Waals surface area contributed by atoms with Crippen LogP contribution in [0.4, 0.5) is 5.82 Å². The fraction of sp³-hybridized carbons (Fsp3) is 0.571. The van der Waals surface area contributed by atoms with E-state index in [0.717, 1.165) is 80.7 Å². The third-order valence-electron chi connectivity index (χ3n) is 7.24. The predicted octanol–water partition coefficient (Wildman–Crippen LogP) is 4.23. The van der Waals surface area contributed by atoms with E-state index in [2.05, 4.69) is 11.4 Å². The van der Waals surface area contributed by atoms with Crippen molar-refractivity contribution in [2.24, 2.45) is 0 Å². The molecule has 5 rings (SSSR count). The average Bonchev–Trinajstić information content (AvgIpc) is 3.59. The quantitative estimate of drug-likeness (QED) is 0.423. The molecule has 2 N–H and O–H groups in total. The number of likely N-dealkylation sites (tertiary alicyclic amines) is 1. The van der Waals surface area contributed by atoms with E-state index >= 15 is 0 Å². The maximum absolute atomic E-state index is 12.3. The number of methoxy groups -OCH3 is 1. The van der Waals surface area contributed by atoms with Crippen LogP contribution in [-0.2, 0) is 22.4 Å². The van der Waals surface area contributed by atoms with Crippen LogP contribution in [0.3, 0.4) is 0 Å². The summed E-state index contributed by atoms with van der Waals surface area (Å²) in [6.07, 6.45) is 8.10. The van der Waals surface area contributed by atoms with Gasteiger partial charge in [-0.25, -0.2) is 4.98 Å². The highest BCUT2D eigenvalue weighted by atomic mass is 16.5. The highest BCUT2D eigenvalue weighted by Crippen LogP contribution is 2.36. The number of nitrogens with one attached hydrogen (secondary N) is 1. The first-order valence-corrected chi connectivity index (χ1v) is 13.3. The van der Waals surface area contributed by atoms with Gasteiger partial charge >= 0.3 is 5.97 Å². The number of carbonyl (C=O) groups is 1. The number of carboxylic acid groups (broad SMARTS) is 1. The molecule has 36 heavy (non-hydrogen) atoms. The molecule has 1 saturated heterocycles. The molecule has 0 amide bonds. The van der Waals surface area contributed by atoms with E-state index in [1.54, 1.807) is 7.11 Å². The van der Waals surface area contributed by atoms with Gasteiger partial charge in [0.2, 0.25) is 0 Å². The van der Waals surface area contributed by atoms with Crippen LogP contribution >= 0.6 is 0 Å². The molecule has 2 fully saturated rings. The topological polar surface area (TPSA) is 93.2 Å². The monoisotopic (exact) mass is 495 g/mol. The number of aliphatic carboxylic acids is 1. The first-order chi connectivity index (χ1) is 17.6. The summed E-state index contributed by atoms with van der Waals surface area (Å²) < 4.78 is 17.8. The molecular weight excluding hydrogens is 458 g/mol. The van der Waals surface area contributed by atoms with E-state index in [0.29, 0.717) is 25.4 Å². The molecule has 3 heterocycles. The Bertz CT molecular complexity index is 1040. The summed E-state index contributed by atoms with van der Waals surface area (Å²) in [5.74, 6) is 1.75. The zero-order valence-corrected chi connectivity index (χ0v) is 21.1. The Kier molecular flexibility index (Phi) is 7.92. The summed E-state index contributed by atoms with van der Waals surface area (Å²) in [7, 11) is 1.72. The van der Waals surface area contributed by atoms with Gasteiger partial charge in [-0.2, -0.15) is 0 Å². The highest BCUT2D eigenvalue weighted by Gasteiger charge is 2.36. The first kappa shape index (κ1) is 24.8. The number of nitrogens with zero attached hydrogens (tertiary/aromatic N) is 2. The summed E-state index contributed by atoms with van der Waals surface area (Å²) >= 11 is 0. The second-order valence-corrected chi connectivity index (χ2v) is 10.0. The SMILES string of the molecule is COc1cc(CCCCO[C@@H]2CCN([C@H](C(=O)O)c3ccccc3OC3CC3)C2)nc2c1CCCN2. The van der Waals surface area contributed by atoms with Gasteiger partial charge in [0.15, 0.2) is 0 Å². The largest absolute Gasteiger partial charge is 0.496 e. The molecule has 0 spiro atoms. The number of aryl methyl sites for hydroxylation is 1. The van der Waals surface area contributed by atoms with Gasteiger partial charge in [-0.15, -0.1) is 0 Å². The van der Waals surface area contributed by atoms with Crippen LogP contribution in [0.25, 0.3) is 0 Å². The first-order valence-electron chi connectivity index (χ1n) is 13.3. The lowest BCUT2D eigenvalue weighted by atomic mass is 10.0. The van der Waals surface area contributed by atoms with Crippen molar-refractivity contribution in [3.05, 3.63) is 47.2 Å². The molecule has 1 aromatic heterocycles. The van der Waals surface area contributed by atoms with Crippen LogP contribution in [0, 0.1) is 0 Å². The number of anilines is 1. The fourth-order valence-electron chi connectivity index (χ4n) is 5.22. The third-order valence-corrected chi connectivity index (χ3v) is 7.24. The van der Waals surface area contributed by atoms with Gasteiger partial charge in [-0.1, -0.05) is 18.2 Å². The lowest BCUT2D eigenvalue weighted by Gasteiger charge is -2.26.